The number of hydrogen-bond donors (Lipinski definition) is 3. The van der Waals surface area contributed by atoms with E-state index in [1.165, 1.54) is 18.2 Å². The molecule has 0 aliphatic heterocycles. The third-order valence-corrected chi connectivity index (χ3v) is 3.05. The molecule has 5 nitrogen and oxygen atoms in total. The average Bonchev–Trinajstić information content (AvgIpc) is 2.52. The Morgan fingerprint density at radius 3 is 2.36 bits per heavy atom. The standard InChI is InChI=1S/C15H13ClFN3O2/c16-12-7-5-10(6-8-12)14(21)19-20-15(22)18-9-11-3-1-2-4-13(11)17/h1-8H,9H2,(H,19,21)(H2,18,20,22). The number of carbonyl (C=O) groups excluding carboxylic acids is 2. The molecule has 0 bridgehead atoms. The van der Waals surface area contributed by atoms with Crippen molar-refractivity contribution in [3.63, 3.8) is 0 Å². The largest absolute Gasteiger partial charge is 0.333 e. The summed E-state index contributed by atoms with van der Waals surface area (Å²) in [7, 11) is 0. The Kier molecular flexibility index (Phi) is 5.32. The van der Waals surface area contributed by atoms with Crippen LogP contribution in [0.4, 0.5) is 9.18 Å². The number of carbonyl (C=O) groups is 2. The van der Waals surface area contributed by atoms with E-state index in [2.05, 4.69) is 16.2 Å². The van der Waals surface area contributed by atoms with Crippen LogP contribution in [0.25, 0.3) is 0 Å². The lowest BCUT2D eigenvalue weighted by molar-refractivity contribution is 0.0936. The van der Waals surface area contributed by atoms with Crippen LogP contribution in [0.3, 0.4) is 0 Å². The molecule has 114 valence electrons. The Morgan fingerprint density at radius 2 is 1.68 bits per heavy atom. The smallest absolute Gasteiger partial charge is 0.333 e. The molecule has 3 N–H and O–H groups in total. The lowest BCUT2D eigenvalue weighted by Crippen LogP contribution is -2.46. The van der Waals surface area contributed by atoms with E-state index in [4.69, 9.17) is 11.6 Å². The van der Waals surface area contributed by atoms with Gasteiger partial charge < -0.3 is 5.32 Å². The van der Waals surface area contributed by atoms with Gasteiger partial charge in [0, 0.05) is 22.7 Å². The number of nitrogens with one attached hydrogen (secondary N) is 3. The van der Waals surface area contributed by atoms with Gasteiger partial charge in [0.1, 0.15) is 5.82 Å². The van der Waals surface area contributed by atoms with Crippen LogP contribution < -0.4 is 16.2 Å². The number of urea groups is 1. The van der Waals surface area contributed by atoms with E-state index in [0.29, 0.717) is 16.1 Å². The van der Waals surface area contributed by atoms with Gasteiger partial charge in [-0.3, -0.25) is 10.2 Å². The fourth-order valence-corrected chi connectivity index (χ4v) is 1.77. The summed E-state index contributed by atoms with van der Waals surface area (Å²) in [6, 6.07) is 11.6. The zero-order chi connectivity index (χ0) is 15.9. The summed E-state index contributed by atoms with van der Waals surface area (Å²) in [6.45, 7) is 0.00925. The van der Waals surface area contributed by atoms with Crippen LogP contribution in [0.15, 0.2) is 48.5 Å². The second-order valence-electron chi connectivity index (χ2n) is 4.36. The molecule has 7 heteroatoms. The molecule has 0 aromatic heterocycles. The Bertz CT molecular complexity index is 677. The first kappa shape index (κ1) is 15.8. The molecule has 0 saturated carbocycles. The highest BCUT2D eigenvalue weighted by Crippen LogP contribution is 2.09. The van der Waals surface area contributed by atoms with Crippen LogP contribution in [0.2, 0.25) is 5.02 Å². The van der Waals surface area contributed by atoms with Gasteiger partial charge in [-0.1, -0.05) is 29.8 Å². The van der Waals surface area contributed by atoms with Gasteiger partial charge >= 0.3 is 6.03 Å². The van der Waals surface area contributed by atoms with Crippen molar-refractivity contribution in [2.24, 2.45) is 0 Å². The number of amides is 3. The maximum atomic E-state index is 13.4. The summed E-state index contributed by atoms with van der Waals surface area (Å²) >= 11 is 5.71. The Hall–Kier alpha value is -2.60. The van der Waals surface area contributed by atoms with E-state index in [0.717, 1.165) is 0 Å². The quantitative estimate of drug-likeness (QED) is 0.761. The monoisotopic (exact) mass is 321 g/mol. The van der Waals surface area contributed by atoms with Crippen LogP contribution in [-0.4, -0.2) is 11.9 Å². The van der Waals surface area contributed by atoms with Crippen molar-refractivity contribution in [3.8, 4) is 0 Å². The molecule has 2 aromatic rings. The summed E-state index contributed by atoms with van der Waals surface area (Å²) in [5.74, 6) is -0.897. The fourth-order valence-electron chi connectivity index (χ4n) is 1.65. The molecule has 0 heterocycles. The predicted octanol–water partition coefficient (Wildman–Crippen LogP) is 2.62. The van der Waals surface area contributed by atoms with Gasteiger partial charge in [0.25, 0.3) is 5.91 Å². The number of halogens is 2. The Balaban J connectivity index is 1.79. The van der Waals surface area contributed by atoms with Gasteiger partial charge in [0.15, 0.2) is 0 Å². The molecule has 0 radical (unpaired) electrons. The number of rotatable bonds is 3. The second-order valence-corrected chi connectivity index (χ2v) is 4.80. The highest BCUT2D eigenvalue weighted by Gasteiger charge is 2.07. The zero-order valence-electron chi connectivity index (χ0n) is 11.4. The Labute approximate surface area is 131 Å². The third-order valence-electron chi connectivity index (χ3n) is 2.79. The molecule has 0 atom stereocenters. The summed E-state index contributed by atoms with van der Waals surface area (Å²) in [6.07, 6.45) is 0. The first-order valence-electron chi connectivity index (χ1n) is 6.39. The molecule has 22 heavy (non-hydrogen) atoms. The Morgan fingerprint density at radius 1 is 1.00 bits per heavy atom. The van der Waals surface area contributed by atoms with Gasteiger partial charge in [-0.2, -0.15) is 0 Å². The molecule has 0 aliphatic rings. The van der Waals surface area contributed by atoms with Crippen molar-refractivity contribution in [1.82, 2.24) is 16.2 Å². The van der Waals surface area contributed by atoms with E-state index in [9.17, 15) is 14.0 Å². The predicted molar refractivity (Wildman–Crippen MR) is 80.7 cm³/mol. The fraction of sp³-hybridized carbons (Fsp3) is 0.0667. The van der Waals surface area contributed by atoms with E-state index in [1.54, 1.807) is 30.3 Å². The van der Waals surface area contributed by atoms with Crippen LogP contribution in [0.5, 0.6) is 0 Å². The number of hydrogen-bond acceptors (Lipinski definition) is 2. The molecule has 0 saturated heterocycles. The minimum atomic E-state index is -0.648. The van der Waals surface area contributed by atoms with E-state index < -0.39 is 17.8 Å². The molecule has 0 aliphatic carbocycles. The third kappa shape index (κ3) is 4.46. The van der Waals surface area contributed by atoms with Crippen LogP contribution >= 0.6 is 11.6 Å². The van der Waals surface area contributed by atoms with E-state index in [1.807, 2.05) is 0 Å². The molecule has 2 aromatic carbocycles. The minimum absolute atomic E-state index is 0.00925. The number of hydrazine groups is 1. The molecule has 2 rings (SSSR count). The van der Waals surface area contributed by atoms with Crippen LogP contribution in [0, 0.1) is 5.82 Å². The number of benzene rings is 2. The summed E-state index contributed by atoms with van der Waals surface area (Å²) < 4.78 is 13.4. The van der Waals surface area contributed by atoms with Crippen LogP contribution in [0.1, 0.15) is 15.9 Å². The average molecular weight is 322 g/mol. The van der Waals surface area contributed by atoms with Crippen molar-refractivity contribution in [1.29, 1.82) is 0 Å². The molecule has 0 fully saturated rings. The summed E-state index contributed by atoms with van der Waals surface area (Å²) in [5, 5.41) is 2.94. The van der Waals surface area contributed by atoms with E-state index >= 15 is 0 Å². The van der Waals surface area contributed by atoms with Gasteiger partial charge in [0.2, 0.25) is 0 Å². The SMILES string of the molecule is O=C(NCc1ccccc1F)NNC(=O)c1ccc(Cl)cc1. The topological polar surface area (TPSA) is 70.2 Å². The summed E-state index contributed by atoms with van der Waals surface area (Å²) in [4.78, 5) is 23.3. The maximum absolute atomic E-state index is 13.4. The van der Waals surface area contributed by atoms with Crippen molar-refractivity contribution in [2.75, 3.05) is 0 Å². The van der Waals surface area contributed by atoms with E-state index in [-0.39, 0.29) is 6.54 Å². The van der Waals surface area contributed by atoms with Gasteiger partial charge in [-0.25, -0.2) is 14.6 Å². The molecule has 3 amide bonds. The molecular weight excluding hydrogens is 309 g/mol. The highest BCUT2D eigenvalue weighted by molar-refractivity contribution is 6.30. The first-order chi connectivity index (χ1) is 10.6. The lowest BCUT2D eigenvalue weighted by Gasteiger charge is -2.09. The molecular formula is C15H13ClFN3O2. The van der Waals surface area contributed by atoms with Gasteiger partial charge in [-0.05, 0) is 30.3 Å². The first-order valence-corrected chi connectivity index (χ1v) is 6.77. The van der Waals surface area contributed by atoms with Gasteiger partial charge in [-0.15, -0.1) is 0 Å². The highest BCUT2D eigenvalue weighted by atomic mass is 35.5. The normalized spacial score (nSPS) is 9.91. The lowest BCUT2D eigenvalue weighted by atomic mass is 10.2. The van der Waals surface area contributed by atoms with Gasteiger partial charge in [0.05, 0.1) is 0 Å². The van der Waals surface area contributed by atoms with Crippen molar-refractivity contribution >= 4 is 23.5 Å². The second kappa shape index (κ2) is 7.42. The maximum Gasteiger partial charge on any atom is 0.333 e. The van der Waals surface area contributed by atoms with Crippen molar-refractivity contribution in [3.05, 3.63) is 70.5 Å². The summed E-state index contributed by atoms with van der Waals surface area (Å²) in [5.41, 5.74) is 5.11. The zero-order valence-corrected chi connectivity index (χ0v) is 12.2. The minimum Gasteiger partial charge on any atom is -0.333 e. The molecule has 0 unspecified atom stereocenters. The van der Waals surface area contributed by atoms with Crippen molar-refractivity contribution < 1.29 is 14.0 Å². The van der Waals surface area contributed by atoms with Crippen molar-refractivity contribution in [2.45, 2.75) is 6.54 Å². The van der Waals surface area contributed by atoms with Crippen LogP contribution in [-0.2, 0) is 6.54 Å². The molecule has 0 spiro atoms.